The smallest absolute Gasteiger partial charge is 0.0643 e. The van der Waals surface area contributed by atoms with E-state index < -0.39 is 0 Å². The summed E-state index contributed by atoms with van der Waals surface area (Å²) in [7, 11) is 0. The minimum Gasteiger partial charge on any atom is -0.378 e. The highest BCUT2D eigenvalue weighted by atomic mass is 16.5. The Morgan fingerprint density at radius 2 is 2.40 bits per heavy atom. The van der Waals surface area contributed by atoms with E-state index in [-0.39, 0.29) is 0 Å². The van der Waals surface area contributed by atoms with Crippen LogP contribution in [0.25, 0.3) is 0 Å². The van der Waals surface area contributed by atoms with Crippen LogP contribution in [0.3, 0.4) is 0 Å². The van der Waals surface area contributed by atoms with E-state index in [2.05, 4.69) is 18.8 Å². The number of hydrogen-bond acceptors (Lipinski definition) is 2. The SMILES string of the molecule is C=C(CC)CNC1COC1. The molecule has 1 N–H and O–H groups in total. The first kappa shape index (κ1) is 7.76. The van der Waals surface area contributed by atoms with Crippen LogP contribution in [-0.2, 0) is 4.74 Å². The number of ether oxygens (including phenoxy) is 1. The van der Waals surface area contributed by atoms with Gasteiger partial charge in [-0.05, 0) is 6.42 Å². The molecule has 1 saturated heterocycles. The molecule has 0 aromatic heterocycles. The van der Waals surface area contributed by atoms with Gasteiger partial charge in [-0.1, -0.05) is 19.1 Å². The van der Waals surface area contributed by atoms with Crippen molar-refractivity contribution in [3.63, 3.8) is 0 Å². The highest BCUT2D eigenvalue weighted by Crippen LogP contribution is 2.01. The molecule has 0 radical (unpaired) electrons. The van der Waals surface area contributed by atoms with Crippen molar-refractivity contribution in [2.45, 2.75) is 19.4 Å². The van der Waals surface area contributed by atoms with E-state index in [0.717, 1.165) is 26.2 Å². The van der Waals surface area contributed by atoms with Crippen LogP contribution in [0.4, 0.5) is 0 Å². The van der Waals surface area contributed by atoms with E-state index in [1.807, 2.05) is 0 Å². The first-order valence-electron chi connectivity index (χ1n) is 3.80. The molecule has 2 nitrogen and oxygen atoms in total. The lowest BCUT2D eigenvalue weighted by atomic mass is 10.2. The quantitative estimate of drug-likeness (QED) is 0.588. The van der Waals surface area contributed by atoms with Crippen molar-refractivity contribution in [1.29, 1.82) is 0 Å². The van der Waals surface area contributed by atoms with Crippen LogP contribution in [0.15, 0.2) is 12.2 Å². The summed E-state index contributed by atoms with van der Waals surface area (Å²) in [5.41, 5.74) is 1.27. The van der Waals surface area contributed by atoms with E-state index in [1.54, 1.807) is 0 Å². The summed E-state index contributed by atoms with van der Waals surface area (Å²) in [6.07, 6.45) is 1.07. The van der Waals surface area contributed by atoms with E-state index in [0.29, 0.717) is 6.04 Å². The second kappa shape index (κ2) is 3.74. The highest BCUT2D eigenvalue weighted by Gasteiger charge is 2.16. The molecule has 0 aromatic rings. The third kappa shape index (κ3) is 2.12. The largest absolute Gasteiger partial charge is 0.378 e. The molecule has 0 amide bonds. The van der Waals surface area contributed by atoms with Crippen LogP contribution in [0.1, 0.15) is 13.3 Å². The summed E-state index contributed by atoms with van der Waals surface area (Å²) in [6.45, 7) is 8.72. The van der Waals surface area contributed by atoms with E-state index >= 15 is 0 Å². The molecule has 0 atom stereocenters. The minimum absolute atomic E-state index is 0.586. The summed E-state index contributed by atoms with van der Waals surface area (Å²) >= 11 is 0. The number of rotatable bonds is 4. The topological polar surface area (TPSA) is 21.3 Å². The average Bonchev–Trinajstić information content (AvgIpc) is 1.84. The van der Waals surface area contributed by atoms with Gasteiger partial charge in [-0.3, -0.25) is 0 Å². The lowest BCUT2D eigenvalue weighted by molar-refractivity contribution is -0.00378. The zero-order valence-corrected chi connectivity index (χ0v) is 6.52. The summed E-state index contributed by atoms with van der Waals surface area (Å²) < 4.78 is 5.01. The van der Waals surface area contributed by atoms with E-state index in [1.165, 1.54) is 5.57 Å². The van der Waals surface area contributed by atoms with Crippen LogP contribution >= 0.6 is 0 Å². The molecule has 10 heavy (non-hydrogen) atoms. The van der Waals surface area contributed by atoms with Crippen molar-refractivity contribution in [2.75, 3.05) is 19.8 Å². The van der Waals surface area contributed by atoms with Crippen molar-refractivity contribution < 1.29 is 4.74 Å². The molecular weight excluding hydrogens is 126 g/mol. The summed E-state index contributed by atoms with van der Waals surface area (Å²) in [4.78, 5) is 0. The van der Waals surface area contributed by atoms with Gasteiger partial charge in [0, 0.05) is 6.54 Å². The van der Waals surface area contributed by atoms with E-state index in [4.69, 9.17) is 4.74 Å². The summed E-state index contributed by atoms with van der Waals surface area (Å²) in [6, 6.07) is 0.586. The second-order valence-corrected chi connectivity index (χ2v) is 2.72. The monoisotopic (exact) mass is 141 g/mol. The van der Waals surface area contributed by atoms with Gasteiger partial charge in [0.05, 0.1) is 19.3 Å². The third-order valence-electron chi connectivity index (χ3n) is 1.78. The molecule has 1 aliphatic rings. The van der Waals surface area contributed by atoms with Crippen LogP contribution in [0.2, 0.25) is 0 Å². The highest BCUT2D eigenvalue weighted by molar-refractivity contribution is 4.96. The predicted molar refractivity (Wildman–Crippen MR) is 42.0 cm³/mol. The lowest BCUT2D eigenvalue weighted by Gasteiger charge is -2.27. The Bertz CT molecular complexity index is 118. The van der Waals surface area contributed by atoms with Crippen LogP contribution in [-0.4, -0.2) is 25.8 Å². The Kier molecular flexibility index (Phi) is 2.90. The molecule has 0 spiro atoms. The molecule has 0 aromatic carbocycles. The van der Waals surface area contributed by atoms with Gasteiger partial charge < -0.3 is 10.1 Å². The molecule has 1 fully saturated rings. The Morgan fingerprint density at radius 1 is 1.70 bits per heavy atom. The first-order valence-corrected chi connectivity index (χ1v) is 3.80. The maximum atomic E-state index is 5.01. The maximum absolute atomic E-state index is 5.01. The zero-order chi connectivity index (χ0) is 7.40. The van der Waals surface area contributed by atoms with Gasteiger partial charge in [0.1, 0.15) is 0 Å². The maximum Gasteiger partial charge on any atom is 0.0643 e. The lowest BCUT2D eigenvalue weighted by Crippen LogP contribution is -2.46. The predicted octanol–water partition coefficient (Wildman–Crippen LogP) is 0.941. The van der Waals surface area contributed by atoms with E-state index in [9.17, 15) is 0 Å². The average molecular weight is 141 g/mol. The van der Waals surface area contributed by atoms with Gasteiger partial charge in [-0.15, -0.1) is 0 Å². The third-order valence-corrected chi connectivity index (χ3v) is 1.78. The molecule has 0 bridgehead atoms. The minimum atomic E-state index is 0.586. The Labute approximate surface area is 62.3 Å². The van der Waals surface area contributed by atoms with Crippen molar-refractivity contribution in [3.05, 3.63) is 12.2 Å². The number of hydrogen-bond donors (Lipinski definition) is 1. The van der Waals surface area contributed by atoms with Crippen molar-refractivity contribution in [2.24, 2.45) is 0 Å². The standard InChI is InChI=1S/C8H15NO/c1-3-7(2)4-9-8-5-10-6-8/h8-9H,2-6H2,1H3. The van der Waals surface area contributed by atoms with Crippen molar-refractivity contribution >= 4 is 0 Å². The van der Waals surface area contributed by atoms with Crippen LogP contribution in [0, 0.1) is 0 Å². The first-order chi connectivity index (χ1) is 4.83. The van der Waals surface area contributed by atoms with Gasteiger partial charge in [0.25, 0.3) is 0 Å². The van der Waals surface area contributed by atoms with Gasteiger partial charge in [0.2, 0.25) is 0 Å². The number of nitrogens with one attached hydrogen (secondary N) is 1. The fourth-order valence-electron chi connectivity index (χ4n) is 0.767. The summed E-state index contributed by atoms with van der Waals surface area (Å²) in [5.74, 6) is 0. The molecule has 0 aliphatic carbocycles. The van der Waals surface area contributed by atoms with Gasteiger partial charge in [-0.2, -0.15) is 0 Å². The Hall–Kier alpha value is -0.340. The normalized spacial score (nSPS) is 18.5. The van der Waals surface area contributed by atoms with Crippen molar-refractivity contribution in [1.82, 2.24) is 5.32 Å². The molecule has 1 heterocycles. The van der Waals surface area contributed by atoms with Crippen LogP contribution < -0.4 is 5.32 Å². The fourth-order valence-corrected chi connectivity index (χ4v) is 0.767. The summed E-state index contributed by atoms with van der Waals surface area (Å²) in [5, 5.41) is 3.35. The van der Waals surface area contributed by atoms with Gasteiger partial charge in [-0.25, -0.2) is 0 Å². The molecule has 1 rings (SSSR count). The molecular formula is C8H15NO. The Morgan fingerprint density at radius 3 is 2.80 bits per heavy atom. The second-order valence-electron chi connectivity index (χ2n) is 2.72. The zero-order valence-electron chi connectivity index (χ0n) is 6.52. The molecule has 2 heteroatoms. The van der Waals surface area contributed by atoms with Gasteiger partial charge >= 0.3 is 0 Å². The fraction of sp³-hybridized carbons (Fsp3) is 0.750. The Balaban J connectivity index is 1.98. The van der Waals surface area contributed by atoms with Gasteiger partial charge in [0.15, 0.2) is 0 Å². The molecule has 0 saturated carbocycles. The molecule has 1 aliphatic heterocycles. The van der Waals surface area contributed by atoms with Crippen molar-refractivity contribution in [3.8, 4) is 0 Å². The molecule has 0 unspecified atom stereocenters. The van der Waals surface area contributed by atoms with Crippen LogP contribution in [0.5, 0.6) is 0 Å². The molecule has 58 valence electrons.